The van der Waals surface area contributed by atoms with Gasteiger partial charge in [-0.05, 0) is 74.4 Å². The zero-order valence-corrected chi connectivity index (χ0v) is 47.2. The fourth-order valence-electron chi connectivity index (χ4n) is 7.52. The Kier molecular flexibility index (Phi) is 27.6. The molecule has 2 rings (SSSR count). The third-order valence-electron chi connectivity index (χ3n) is 11.8. The quantitative estimate of drug-likeness (QED) is 0.0294. The largest absolute Gasteiger partial charge is 0.481 e. The van der Waals surface area contributed by atoms with E-state index in [1.165, 1.54) is 31.2 Å². The second-order valence-corrected chi connectivity index (χ2v) is 22.4. The maximum Gasteiger partial charge on any atom is 0.305 e. The Bertz CT molecular complexity index is 2890. The van der Waals surface area contributed by atoms with Gasteiger partial charge in [-0.1, -0.05) is 38.1 Å². The Morgan fingerprint density at radius 3 is 1.18 bits per heavy atom. The molecule has 0 aromatic heterocycles. The summed E-state index contributed by atoms with van der Waals surface area (Å²) >= 11 is 0. The minimum absolute atomic E-state index is 0.101. The molecule has 0 unspecified atom stereocenters. The number of aliphatic hydroxyl groups is 1. The van der Waals surface area contributed by atoms with E-state index in [0.717, 1.165) is 52.3 Å². The van der Waals surface area contributed by atoms with Crippen LogP contribution < -0.4 is 48.3 Å². The summed E-state index contributed by atoms with van der Waals surface area (Å²) in [5.74, 6) is -15.0. The first-order valence-corrected chi connectivity index (χ1v) is 27.7. The predicted octanol–water partition coefficient (Wildman–Crippen LogP) is -3.82. The summed E-state index contributed by atoms with van der Waals surface area (Å²) in [5, 5.41) is 57.4. The summed E-state index contributed by atoms with van der Waals surface area (Å²) in [4.78, 5) is 156. The third kappa shape index (κ3) is 23.5. The molecule has 0 spiro atoms. The Morgan fingerprint density at radius 1 is 0.488 bits per heavy atom. The average molecular weight is 1200 g/mol. The number of carboxylic acid groups (broad SMARTS) is 3. The molecule has 0 saturated heterocycles. The number of nitrogens with one attached hydrogen (secondary N) is 8. The molecule has 0 radical (unpaired) electrons. The van der Waals surface area contributed by atoms with E-state index < -0.39 is 191 Å². The van der Waals surface area contributed by atoms with Crippen LogP contribution in [0.1, 0.15) is 84.3 Å². The van der Waals surface area contributed by atoms with Crippen molar-refractivity contribution >= 4 is 91.3 Å². The minimum atomic E-state index is -4.27. The van der Waals surface area contributed by atoms with Crippen molar-refractivity contribution in [3.63, 3.8) is 0 Å². The van der Waals surface area contributed by atoms with E-state index in [2.05, 4.69) is 50.9 Å². The number of nitrogens with two attached hydrogens (primary N) is 1. The molecule has 0 aliphatic carbocycles. The lowest BCUT2D eigenvalue weighted by atomic mass is 10.00. The number of hydrogen-bond acceptors (Lipinski definition) is 19. The molecule has 0 heterocycles. The summed E-state index contributed by atoms with van der Waals surface area (Å²) in [6, 6.07) is -4.68. The normalized spacial score (nSPS) is 14.7. The molecule has 2 aromatic rings. The molecule has 82 heavy (non-hydrogen) atoms. The standard InChI is InChI=1S/C49H69N9O22S2/c1-24(2)20-35(46(71)54-34(42(50)67)23-40(65)66)55-48(73)37(22-29-10-14-31(15-11-29)82(77,78)80-7)57-44(69)32(16-18-38(61)62)52-47(72)36(21-28-8-12-30(13-9-28)81(75,76)79-6)56-45(70)33(17-19-39(63)64)53-49(74)41(26(4)59)58-43(68)25(3)51-27(5)60/h8-15,24-26,32-37,41,59H,16-23H2,1-7H3,(H2,50,67)(H,51,60)(H,52,72)(H,53,74)(H,54,71)(H,55,73)(H,56,70)(H,57,69)(H,58,68)(H,61,62)(H,63,64)(H,65,66)/t25-,26+,32-,33-,34-,35-,36-,37-,41-/m0/s1. The lowest BCUT2D eigenvalue weighted by molar-refractivity contribution is -0.140. The predicted molar refractivity (Wildman–Crippen MR) is 282 cm³/mol. The monoisotopic (exact) mass is 1200 g/mol. The highest BCUT2D eigenvalue weighted by Gasteiger charge is 2.36. The molecule has 0 saturated carbocycles. The molecule has 0 bridgehead atoms. The van der Waals surface area contributed by atoms with Gasteiger partial charge in [0, 0.05) is 32.6 Å². The molecule has 9 atom stereocenters. The van der Waals surface area contributed by atoms with Gasteiger partial charge in [0.2, 0.25) is 53.2 Å². The second kappa shape index (κ2) is 32.3. The Morgan fingerprint density at radius 2 is 0.841 bits per heavy atom. The van der Waals surface area contributed by atoms with E-state index in [4.69, 9.17) is 5.73 Å². The van der Waals surface area contributed by atoms with Crippen molar-refractivity contribution in [1.82, 2.24) is 42.5 Å². The van der Waals surface area contributed by atoms with Crippen LogP contribution in [0, 0.1) is 5.92 Å². The van der Waals surface area contributed by atoms with Crippen molar-refractivity contribution in [2.45, 2.75) is 150 Å². The molecule has 454 valence electrons. The third-order valence-corrected chi connectivity index (χ3v) is 14.4. The van der Waals surface area contributed by atoms with E-state index in [1.807, 2.05) is 0 Å². The first-order chi connectivity index (χ1) is 38.1. The van der Waals surface area contributed by atoms with Gasteiger partial charge in [0.25, 0.3) is 20.2 Å². The van der Waals surface area contributed by atoms with Crippen molar-refractivity contribution in [3.05, 3.63) is 59.7 Å². The number of carbonyl (C=O) groups excluding carboxylic acids is 9. The molecule has 0 aliphatic heterocycles. The number of aliphatic carboxylic acids is 3. The Balaban J connectivity index is 2.76. The molecule has 0 fully saturated rings. The van der Waals surface area contributed by atoms with Crippen molar-refractivity contribution in [1.29, 1.82) is 0 Å². The highest BCUT2D eigenvalue weighted by molar-refractivity contribution is 7.87. The van der Waals surface area contributed by atoms with E-state index in [9.17, 15) is 94.8 Å². The van der Waals surface area contributed by atoms with Crippen LogP contribution in [-0.2, 0) is 99.0 Å². The number of amides is 9. The molecule has 31 nitrogen and oxygen atoms in total. The summed E-state index contributed by atoms with van der Waals surface area (Å²) in [6.45, 7) is 6.71. The van der Waals surface area contributed by atoms with E-state index in [0.29, 0.717) is 0 Å². The number of benzene rings is 2. The van der Waals surface area contributed by atoms with Crippen molar-refractivity contribution in [2.24, 2.45) is 11.7 Å². The highest BCUT2D eigenvalue weighted by atomic mass is 32.2. The summed E-state index contributed by atoms with van der Waals surface area (Å²) in [5.41, 5.74) is 5.57. The zero-order chi connectivity index (χ0) is 62.4. The fraction of sp³-hybridized carbons (Fsp3) is 0.510. The van der Waals surface area contributed by atoms with Gasteiger partial charge in [-0.2, -0.15) is 16.8 Å². The molecule has 2 aromatic carbocycles. The number of carbonyl (C=O) groups is 12. The van der Waals surface area contributed by atoms with Crippen LogP contribution in [0.2, 0.25) is 0 Å². The molecular formula is C49H69N9O22S2. The van der Waals surface area contributed by atoms with Gasteiger partial charge < -0.3 is 68.7 Å². The summed E-state index contributed by atoms with van der Waals surface area (Å²) in [7, 11) is -6.71. The van der Waals surface area contributed by atoms with Crippen LogP contribution in [0.4, 0.5) is 0 Å². The number of aliphatic hydroxyl groups excluding tert-OH is 1. The molecule has 14 N–H and O–H groups in total. The van der Waals surface area contributed by atoms with Gasteiger partial charge in [0.1, 0.15) is 48.3 Å². The topological polar surface area (TPSA) is 495 Å². The van der Waals surface area contributed by atoms with Gasteiger partial charge in [0.15, 0.2) is 0 Å². The van der Waals surface area contributed by atoms with Crippen molar-refractivity contribution in [2.75, 3.05) is 14.2 Å². The van der Waals surface area contributed by atoms with E-state index in [-0.39, 0.29) is 33.3 Å². The Labute approximate surface area is 471 Å². The van der Waals surface area contributed by atoms with E-state index in [1.54, 1.807) is 13.8 Å². The summed E-state index contributed by atoms with van der Waals surface area (Å²) in [6.07, 6.45) is -6.97. The van der Waals surface area contributed by atoms with Crippen LogP contribution in [0.3, 0.4) is 0 Å². The van der Waals surface area contributed by atoms with Gasteiger partial charge >= 0.3 is 17.9 Å². The van der Waals surface area contributed by atoms with Crippen LogP contribution in [0.5, 0.6) is 0 Å². The van der Waals surface area contributed by atoms with Gasteiger partial charge in [-0.3, -0.25) is 65.9 Å². The van der Waals surface area contributed by atoms with Gasteiger partial charge in [-0.15, -0.1) is 0 Å². The van der Waals surface area contributed by atoms with Gasteiger partial charge in [0.05, 0.1) is 36.5 Å². The first-order valence-electron chi connectivity index (χ1n) is 24.9. The van der Waals surface area contributed by atoms with Crippen LogP contribution in [0.25, 0.3) is 0 Å². The molecule has 0 aliphatic rings. The second-order valence-electron chi connectivity index (χ2n) is 18.9. The highest BCUT2D eigenvalue weighted by Crippen LogP contribution is 2.17. The minimum Gasteiger partial charge on any atom is -0.481 e. The maximum absolute atomic E-state index is 14.5. The van der Waals surface area contributed by atoms with Crippen LogP contribution >= 0.6 is 0 Å². The van der Waals surface area contributed by atoms with Crippen molar-refractivity contribution < 1.29 is 103 Å². The first kappa shape index (κ1) is 70.0. The number of hydrogen-bond donors (Lipinski definition) is 13. The fourth-order valence-corrected chi connectivity index (χ4v) is 8.84. The number of carboxylic acids is 3. The average Bonchev–Trinajstić information content (AvgIpc) is 3.61. The smallest absolute Gasteiger partial charge is 0.305 e. The van der Waals surface area contributed by atoms with Gasteiger partial charge in [-0.25, -0.2) is 0 Å². The Hall–Kier alpha value is -8.14. The number of rotatable bonds is 35. The maximum atomic E-state index is 14.5. The van der Waals surface area contributed by atoms with Crippen LogP contribution in [0.15, 0.2) is 58.3 Å². The van der Waals surface area contributed by atoms with Crippen LogP contribution in [-0.4, -0.2) is 177 Å². The van der Waals surface area contributed by atoms with Crippen molar-refractivity contribution in [3.8, 4) is 0 Å². The summed E-state index contributed by atoms with van der Waals surface area (Å²) < 4.78 is 58.7. The zero-order valence-electron chi connectivity index (χ0n) is 45.6. The lowest BCUT2D eigenvalue weighted by Crippen LogP contribution is -2.61. The molecule has 33 heteroatoms. The SMILES string of the molecule is COS(=O)(=O)c1ccc(C[C@H](NC(=O)[C@H](CCC(=O)O)NC(=O)[C@H](Cc2ccc(S(=O)(=O)OC)cc2)NC(=O)[C@H](CCC(=O)O)NC(=O)[C@@H](NC(=O)[C@H](C)NC(C)=O)[C@@H](C)O)C(=O)N[C@@H](CC(C)C)C(=O)N[C@@H](CC(=O)O)C(N)=O)cc1. The van der Waals surface area contributed by atoms with E-state index >= 15 is 0 Å². The lowest BCUT2D eigenvalue weighted by Gasteiger charge is -2.28. The molecule has 9 amide bonds. The number of primary amides is 1. The molecular weight excluding hydrogens is 1130 g/mol.